The van der Waals surface area contributed by atoms with Gasteiger partial charge in [-0.2, -0.15) is 0 Å². The summed E-state index contributed by atoms with van der Waals surface area (Å²) in [6, 6.07) is 5.21. The third-order valence-electron chi connectivity index (χ3n) is 2.42. The maximum Gasteiger partial charge on any atom is 0.266 e. The highest BCUT2D eigenvalue weighted by Gasteiger charge is 2.17. The third kappa shape index (κ3) is 3.15. The predicted octanol–water partition coefficient (Wildman–Crippen LogP) is 0.677. The van der Waals surface area contributed by atoms with E-state index in [4.69, 9.17) is 5.84 Å². The predicted molar refractivity (Wildman–Crippen MR) is 71.4 cm³/mol. The van der Waals surface area contributed by atoms with Crippen molar-refractivity contribution in [2.24, 2.45) is 5.84 Å². The number of nitrogens with two attached hydrogens (primary N) is 1. The zero-order chi connectivity index (χ0) is 13.7. The van der Waals surface area contributed by atoms with Gasteiger partial charge in [-0.1, -0.05) is 6.07 Å². The van der Waals surface area contributed by atoms with Gasteiger partial charge in [-0.25, -0.2) is 5.84 Å². The van der Waals surface area contributed by atoms with Gasteiger partial charge in [0.25, 0.3) is 11.8 Å². The second-order valence-corrected chi connectivity index (χ2v) is 4.60. The van der Waals surface area contributed by atoms with E-state index < -0.39 is 5.91 Å². The number of amides is 2. The first-order valence-corrected chi connectivity index (χ1v) is 6.36. The van der Waals surface area contributed by atoms with Crippen LogP contribution in [-0.2, 0) is 6.54 Å². The number of hydrogen-bond donors (Lipinski definition) is 3. The Labute approximate surface area is 113 Å². The van der Waals surface area contributed by atoms with E-state index in [-0.39, 0.29) is 11.5 Å². The van der Waals surface area contributed by atoms with E-state index in [9.17, 15) is 9.59 Å². The molecule has 2 rings (SSSR count). The smallest absolute Gasteiger partial charge is 0.266 e. The van der Waals surface area contributed by atoms with Crippen molar-refractivity contribution in [2.45, 2.75) is 6.54 Å². The maximum atomic E-state index is 12.0. The number of nitrogens with one attached hydrogen (secondary N) is 2. The summed E-state index contributed by atoms with van der Waals surface area (Å²) >= 11 is 1.19. The minimum Gasteiger partial charge on any atom is -0.347 e. The zero-order valence-electron chi connectivity index (χ0n) is 9.92. The summed E-state index contributed by atoms with van der Waals surface area (Å²) in [6.45, 7) is 0.355. The van der Waals surface area contributed by atoms with Gasteiger partial charge >= 0.3 is 0 Å². The first kappa shape index (κ1) is 13.2. The minimum absolute atomic E-state index is 0.274. The zero-order valence-corrected chi connectivity index (χ0v) is 10.7. The van der Waals surface area contributed by atoms with E-state index in [1.165, 1.54) is 11.3 Å². The summed E-state index contributed by atoms with van der Waals surface area (Å²) in [5, 5.41) is 4.40. The van der Waals surface area contributed by atoms with Crippen molar-refractivity contribution < 1.29 is 9.59 Å². The molecule has 0 spiro atoms. The second-order valence-electron chi connectivity index (χ2n) is 3.68. The molecule has 0 unspecified atom stereocenters. The summed E-state index contributed by atoms with van der Waals surface area (Å²) in [6.07, 6.45) is 3.33. The Morgan fingerprint density at radius 2 is 2.16 bits per heavy atom. The van der Waals surface area contributed by atoms with Crippen LogP contribution in [0.25, 0.3) is 0 Å². The first-order valence-electron chi connectivity index (χ1n) is 5.48. The highest BCUT2D eigenvalue weighted by molar-refractivity contribution is 7.12. The average molecular weight is 276 g/mol. The molecular weight excluding hydrogens is 264 g/mol. The molecule has 0 aliphatic carbocycles. The molecule has 0 aliphatic rings. The molecule has 2 aromatic heterocycles. The van der Waals surface area contributed by atoms with Crippen LogP contribution in [0.4, 0.5) is 0 Å². The van der Waals surface area contributed by atoms with Crippen molar-refractivity contribution in [3.05, 3.63) is 52.0 Å². The largest absolute Gasteiger partial charge is 0.347 e. The minimum atomic E-state index is -0.479. The topological polar surface area (TPSA) is 97.1 Å². The number of pyridine rings is 1. The van der Waals surface area contributed by atoms with Crippen molar-refractivity contribution in [3.63, 3.8) is 0 Å². The Morgan fingerprint density at radius 3 is 2.84 bits per heavy atom. The number of hydrazine groups is 1. The van der Waals surface area contributed by atoms with Crippen molar-refractivity contribution in [1.29, 1.82) is 0 Å². The molecule has 0 bridgehead atoms. The molecule has 4 N–H and O–H groups in total. The third-order valence-corrected chi connectivity index (χ3v) is 3.34. The van der Waals surface area contributed by atoms with Crippen molar-refractivity contribution in [3.8, 4) is 0 Å². The summed E-state index contributed by atoms with van der Waals surface area (Å²) in [4.78, 5) is 27.7. The Bertz CT molecular complexity index is 582. The molecule has 0 fully saturated rings. The fraction of sp³-hybridized carbons (Fsp3) is 0.0833. The molecule has 98 valence electrons. The number of thiophene rings is 1. The highest BCUT2D eigenvalue weighted by Crippen LogP contribution is 2.16. The molecule has 0 radical (unpaired) electrons. The molecule has 6 nitrogen and oxygen atoms in total. The van der Waals surface area contributed by atoms with Gasteiger partial charge in [-0.05, 0) is 23.1 Å². The molecule has 2 heterocycles. The highest BCUT2D eigenvalue weighted by atomic mass is 32.1. The summed E-state index contributed by atoms with van der Waals surface area (Å²) in [5.41, 5.74) is 3.17. The Morgan fingerprint density at radius 1 is 1.32 bits per heavy atom. The van der Waals surface area contributed by atoms with Gasteiger partial charge in [0.1, 0.15) is 4.88 Å². The molecule has 0 saturated heterocycles. The number of nitrogen functional groups attached to an aromatic ring is 1. The number of rotatable bonds is 4. The van der Waals surface area contributed by atoms with Gasteiger partial charge < -0.3 is 5.32 Å². The summed E-state index contributed by atoms with van der Waals surface area (Å²) < 4.78 is 0. The number of hydrogen-bond acceptors (Lipinski definition) is 5. The van der Waals surface area contributed by atoms with Crippen LogP contribution in [0.2, 0.25) is 0 Å². The van der Waals surface area contributed by atoms with Crippen LogP contribution < -0.4 is 16.6 Å². The van der Waals surface area contributed by atoms with E-state index >= 15 is 0 Å². The molecule has 2 aromatic rings. The first-order chi connectivity index (χ1) is 9.22. The standard InChI is InChI=1S/C12H12N4O2S/c13-16-11(17)9-3-5-19-10(9)12(18)15-7-8-2-1-4-14-6-8/h1-6H,7,13H2,(H,15,18)(H,16,17). The van der Waals surface area contributed by atoms with E-state index in [1.54, 1.807) is 29.9 Å². The second kappa shape index (κ2) is 6.07. The summed E-state index contributed by atoms with van der Waals surface area (Å²) in [5.74, 6) is 4.28. The fourth-order valence-corrected chi connectivity index (χ4v) is 2.31. The Hall–Kier alpha value is -2.25. The monoisotopic (exact) mass is 276 g/mol. The molecule has 7 heteroatoms. The van der Waals surface area contributed by atoms with Crippen LogP contribution in [0.3, 0.4) is 0 Å². The van der Waals surface area contributed by atoms with Gasteiger partial charge in [0, 0.05) is 18.9 Å². The SMILES string of the molecule is NNC(=O)c1ccsc1C(=O)NCc1cccnc1. The van der Waals surface area contributed by atoms with Crippen LogP contribution >= 0.6 is 11.3 Å². The van der Waals surface area contributed by atoms with Crippen LogP contribution in [0.15, 0.2) is 36.0 Å². The number of carbonyl (C=O) groups excluding carboxylic acids is 2. The quantitative estimate of drug-likeness (QED) is 0.434. The van der Waals surface area contributed by atoms with Gasteiger partial charge in [0.15, 0.2) is 0 Å². The van der Waals surface area contributed by atoms with Gasteiger partial charge in [-0.3, -0.25) is 20.0 Å². The maximum absolute atomic E-state index is 12.0. The lowest BCUT2D eigenvalue weighted by atomic mass is 10.2. The lowest BCUT2D eigenvalue weighted by molar-refractivity contribution is 0.0922. The van der Waals surface area contributed by atoms with Crippen molar-refractivity contribution >= 4 is 23.2 Å². The van der Waals surface area contributed by atoms with Gasteiger partial charge in [-0.15, -0.1) is 11.3 Å². The van der Waals surface area contributed by atoms with Crippen LogP contribution in [-0.4, -0.2) is 16.8 Å². The number of carbonyl (C=O) groups is 2. The van der Waals surface area contributed by atoms with E-state index in [0.29, 0.717) is 11.4 Å². The lowest BCUT2D eigenvalue weighted by Crippen LogP contribution is -2.32. The Balaban J connectivity index is 2.05. The molecule has 0 aromatic carbocycles. The summed E-state index contributed by atoms with van der Waals surface area (Å²) in [7, 11) is 0. The fourth-order valence-electron chi connectivity index (χ4n) is 1.51. The van der Waals surface area contributed by atoms with E-state index in [1.807, 2.05) is 11.5 Å². The van der Waals surface area contributed by atoms with E-state index in [0.717, 1.165) is 5.56 Å². The van der Waals surface area contributed by atoms with Crippen LogP contribution in [0.5, 0.6) is 0 Å². The van der Waals surface area contributed by atoms with Crippen molar-refractivity contribution in [1.82, 2.24) is 15.7 Å². The van der Waals surface area contributed by atoms with Crippen molar-refractivity contribution in [2.75, 3.05) is 0 Å². The van der Waals surface area contributed by atoms with Gasteiger partial charge in [0.2, 0.25) is 0 Å². The molecule has 0 aliphatic heterocycles. The lowest BCUT2D eigenvalue weighted by Gasteiger charge is -2.05. The molecule has 0 saturated carbocycles. The van der Waals surface area contributed by atoms with E-state index in [2.05, 4.69) is 10.3 Å². The average Bonchev–Trinajstić information content (AvgIpc) is 2.94. The molecular formula is C12H12N4O2S. The molecule has 19 heavy (non-hydrogen) atoms. The van der Waals surface area contributed by atoms with Crippen LogP contribution in [0, 0.1) is 0 Å². The normalized spacial score (nSPS) is 9.95. The van der Waals surface area contributed by atoms with Gasteiger partial charge in [0.05, 0.1) is 5.56 Å². The molecule has 0 atom stereocenters. The number of aromatic nitrogens is 1. The van der Waals surface area contributed by atoms with Crippen LogP contribution in [0.1, 0.15) is 25.6 Å². The molecule has 2 amide bonds. The number of nitrogens with zero attached hydrogens (tertiary/aromatic N) is 1. The Kier molecular flexibility index (Phi) is 4.22.